The van der Waals surface area contributed by atoms with Crippen LogP contribution in [-0.4, -0.2) is 23.7 Å². The Morgan fingerprint density at radius 3 is 2.53 bits per heavy atom. The van der Waals surface area contributed by atoms with Crippen molar-refractivity contribution in [1.82, 2.24) is 5.32 Å². The summed E-state index contributed by atoms with van der Waals surface area (Å²) < 4.78 is 26.2. The molecule has 0 bridgehead atoms. The number of nitrogens with one attached hydrogen (secondary N) is 2. The predicted octanol–water partition coefficient (Wildman–Crippen LogP) is 1.93. The molecule has 8 heteroatoms. The van der Waals surface area contributed by atoms with Crippen LogP contribution in [0, 0.1) is 11.6 Å². The number of carbonyl (C=O) groups is 2. The Morgan fingerprint density at radius 1 is 1.29 bits per heavy atom. The molecule has 1 aromatic rings. The SMILES string of the molecule is O=C(O)CNC(=O)Nc1cc(F)c(Br)cc1F. The Morgan fingerprint density at radius 2 is 1.94 bits per heavy atom. The third-order valence-corrected chi connectivity index (χ3v) is 2.27. The standard InChI is InChI=1S/C9H7BrF2N2O3/c10-4-1-6(12)7(2-5(4)11)14-9(17)13-3-8(15)16/h1-2H,3H2,(H,15,16)(H2,13,14,17). The Balaban J connectivity index is 2.71. The van der Waals surface area contributed by atoms with Crippen molar-refractivity contribution in [3.8, 4) is 0 Å². The average Bonchev–Trinajstić information content (AvgIpc) is 2.23. The van der Waals surface area contributed by atoms with E-state index >= 15 is 0 Å². The molecule has 0 saturated heterocycles. The minimum atomic E-state index is -1.25. The fourth-order valence-corrected chi connectivity index (χ4v) is 1.26. The van der Waals surface area contributed by atoms with Gasteiger partial charge in [-0.3, -0.25) is 4.79 Å². The van der Waals surface area contributed by atoms with Crippen molar-refractivity contribution in [3.63, 3.8) is 0 Å². The first kappa shape index (κ1) is 13.4. The molecule has 0 unspecified atom stereocenters. The summed E-state index contributed by atoms with van der Waals surface area (Å²) in [6, 6.07) is 0.690. The highest BCUT2D eigenvalue weighted by Crippen LogP contribution is 2.23. The Kier molecular flexibility index (Phi) is 4.38. The van der Waals surface area contributed by atoms with Gasteiger partial charge in [0, 0.05) is 6.07 Å². The number of benzene rings is 1. The van der Waals surface area contributed by atoms with Crippen molar-refractivity contribution < 1.29 is 23.5 Å². The first-order valence-corrected chi connectivity index (χ1v) is 5.10. The molecule has 3 N–H and O–H groups in total. The molecule has 0 aliphatic carbocycles. The first-order chi connectivity index (χ1) is 7.90. The maximum absolute atomic E-state index is 13.2. The summed E-state index contributed by atoms with van der Waals surface area (Å²) in [5.74, 6) is -2.84. The van der Waals surface area contributed by atoms with E-state index in [1.807, 2.05) is 10.6 Å². The molecule has 1 rings (SSSR count). The van der Waals surface area contributed by atoms with Crippen LogP contribution >= 0.6 is 15.9 Å². The van der Waals surface area contributed by atoms with Crippen molar-refractivity contribution in [2.24, 2.45) is 0 Å². The summed E-state index contributed by atoms with van der Waals surface area (Å²) in [6.45, 7) is -0.619. The first-order valence-electron chi connectivity index (χ1n) is 4.31. The topological polar surface area (TPSA) is 78.4 Å². The predicted molar refractivity (Wildman–Crippen MR) is 58.7 cm³/mol. The van der Waals surface area contributed by atoms with E-state index in [-0.39, 0.29) is 10.2 Å². The monoisotopic (exact) mass is 308 g/mol. The zero-order valence-electron chi connectivity index (χ0n) is 8.26. The van der Waals surface area contributed by atoms with Gasteiger partial charge in [-0.05, 0) is 22.0 Å². The molecular formula is C9H7BrF2N2O3. The molecular weight excluding hydrogens is 302 g/mol. The Hall–Kier alpha value is -1.70. The highest BCUT2D eigenvalue weighted by Gasteiger charge is 2.11. The second-order valence-corrected chi connectivity index (χ2v) is 3.80. The van der Waals surface area contributed by atoms with E-state index in [2.05, 4.69) is 15.9 Å². The van der Waals surface area contributed by atoms with E-state index in [1.165, 1.54) is 0 Å². The number of carbonyl (C=O) groups excluding carboxylic acids is 1. The molecule has 0 heterocycles. The molecule has 0 aliphatic rings. The lowest BCUT2D eigenvalue weighted by Gasteiger charge is -2.07. The lowest BCUT2D eigenvalue weighted by Crippen LogP contribution is -2.33. The van der Waals surface area contributed by atoms with Crippen LogP contribution in [-0.2, 0) is 4.79 Å². The molecule has 0 radical (unpaired) electrons. The van der Waals surface area contributed by atoms with Crippen LogP contribution in [0.15, 0.2) is 16.6 Å². The summed E-state index contributed by atoms with van der Waals surface area (Å²) in [4.78, 5) is 21.2. The number of urea groups is 1. The second-order valence-electron chi connectivity index (χ2n) is 2.95. The lowest BCUT2D eigenvalue weighted by atomic mass is 10.3. The normalized spacial score (nSPS) is 9.82. The van der Waals surface area contributed by atoms with Crippen LogP contribution in [0.25, 0.3) is 0 Å². The van der Waals surface area contributed by atoms with Gasteiger partial charge in [0.2, 0.25) is 0 Å². The Bertz CT molecular complexity index is 468. The van der Waals surface area contributed by atoms with Crippen LogP contribution in [0.4, 0.5) is 19.3 Å². The molecule has 0 aromatic heterocycles. The van der Waals surface area contributed by atoms with Crippen LogP contribution in [0.3, 0.4) is 0 Å². The minimum Gasteiger partial charge on any atom is -0.480 e. The molecule has 0 saturated carbocycles. The molecule has 0 spiro atoms. The Labute approximate surface area is 103 Å². The van der Waals surface area contributed by atoms with Gasteiger partial charge >= 0.3 is 12.0 Å². The van der Waals surface area contributed by atoms with E-state index in [1.54, 1.807) is 0 Å². The van der Waals surface area contributed by atoms with Crippen LogP contribution in [0.2, 0.25) is 0 Å². The molecule has 17 heavy (non-hydrogen) atoms. The van der Waals surface area contributed by atoms with E-state index in [9.17, 15) is 18.4 Å². The fraction of sp³-hybridized carbons (Fsp3) is 0.111. The summed E-state index contributed by atoms with van der Waals surface area (Å²) in [7, 11) is 0. The number of halogens is 3. The lowest BCUT2D eigenvalue weighted by molar-refractivity contribution is -0.135. The number of carboxylic acids is 1. The summed E-state index contributed by atoms with van der Waals surface area (Å²) in [6.07, 6.45) is 0. The van der Waals surface area contributed by atoms with E-state index in [4.69, 9.17) is 5.11 Å². The van der Waals surface area contributed by atoms with Gasteiger partial charge in [0.25, 0.3) is 0 Å². The van der Waals surface area contributed by atoms with Gasteiger partial charge in [0.15, 0.2) is 0 Å². The average molecular weight is 309 g/mol. The molecule has 0 atom stereocenters. The number of aliphatic carboxylic acids is 1. The van der Waals surface area contributed by atoms with Crippen LogP contribution < -0.4 is 10.6 Å². The highest BCUT2D eigenvalue weighted by molar-refractivity contribution is 9.10. The van der Waals surface area contributed by atoms with Gasteiger partial charge in [0.1, 0.15) is 18.2 Å². The van der Waals surface area contributed by atoms with E-state index in [0.29, 0.717) is 0 Å². The van der Waals surface area contributed by atoms with Gasteiger partial charge in [-0.25, -0.2) is 13.6 Å². The van der Waals surface area contributed by atoms with E-state index < -0.39 is 30.2 Å². The zero-order valence-corrected chi connectivity index (χ0v) is 9.85. The third kappa shape index (κ3) is 3.99. The smallest absolute Gasteiger partial charge is 0.323 e. The molecule has 0 aliphatic heterocycles. The summed E-state index contributed by atoms with van der Waals surface area (Å²) >= 11 is 2.78. The van der Waals surface area contributed by atoms with Crippen molar-refractivity contribution in [2.75, 3.05) is 11.9 Å². The number of rotatable bonds is 3. The van der Waals surface area contributed by atoms with Gasteiger partial charge in [-0.1, -0.05) is 0 Å². The molecule has 5 nitrogen and oxygen atoms in total. The van der Waals surface area contributed by atoms with E-state index in [0.717, 1.165) is 12.1 Å². The van der Waals surface area contributed by atoms with Gasteiger partial charge in [-0.15, -0.1) is 0 Å². The molecule has 92 valence electrons. The largest absolute Gasteiger partial charge is 0.480 e. The number of carboxylic acid groups (broad SMARTS) is 1. The maximum Gasteiger partial charge on any atom is 0.323 e. The molecule has 1 aromatic carbocycles. The summed E-state index contributed by atoms with van der Waals surface area (Å²) in [5.41, 5.74) is -0.381. The van der Waals surface area contributed by atoms with Gasteiger partial charge in [-0.2, -0.15) is 0 Å². The van der Waals surface area contributed by atoms with Crippen molar-refractivity contribution in [2.45, 2.75) is 0 Å². The highest BCUT2D eigenvalue weighted by atomic mass is 79.9. The summed E-state index contributed by atoms with van der Waals surface area (Å²) in [5, 5.41) is 12.2. The van der Waals surface area contributed by atoms with Crippen molar-refractivity contribution in [3.05, 3.63) is 28.2 Å². The maximum atomic E-state index is 13.2. The van der Waals surface area contributed by atoms with Crippen LogP contribution in [0.1, 0.15) is 0 Å². The van der Waals surface area contributed by atoms with Crippen LogP contribution in [0.5, 0.6) is 0 Å². The van der Waals surface area contributed by atoms with Gasteiger partial charge < -0.3 is 15.7 Å². The van der Waals surface area contributed by atoms with Crippen molar-refractivity contribution >= 4 is 33.6 Å². The number of anilines is 1. The minimum absolute atomic E-state index is 0.0773. The number of amides is 2. The van der Waals surface area contributed by atoms with Gasteiger partial charge in [0.05, 0.1) is 10.2 Å². The third-order valence-electron chi connectivity index (χ3n) is 1.66. The number of hydrogen-bond donors (Lipinski definition) is 3. The quantitative estimate of drug-likeness (QED) is 0.747. The number of hydrogen-bond acceptors (Lipinski definition) is 2. The molecule has 2 amide bonds. The fourth-order valence-electron chi connectivity index (χ4n) is 0.941. The zero-order chi connectivity index (χ0) is 13.0. The second kappa shape index (κ2) is 5.58. The van der Waals surface area contributed by atoms with Crippen molar-refractivity contribution in [1.29, 1.82) is 0 Å². The molecule has 0 fully saturated rings.